The Labute approximate surface area is 236 Å². The van der Waals surface area contributed by atoms with Crippen molar-refractivity contribution >= 4 is 57.5 Å². The first kappa shape index (κ1) is 27.0. The Kier molecular flexibility index (Phi) is 7.78. The van der Waals surface area contributed by atoms with Gasteiger partial charge in [-0.15, -0.1) is 0 Å². The van der Waals surface area contributed by atoms with Gasteiger partial charge in [0.25, 0.3) is 11.8 Å². The lowest BCUT2D eigenvalue weighted by atomic mass is 10.0. The highest BCUT2D eigenvalue weighted by Crippen LogP contribution is 2.32. The van der Waals surface area contributed by atoms with Crippen LogP contribution >= 0.6 is 23.2 Å². The summed E-state index contributed by atoms with van der Waals surface area (Å²) in [6.45, 7) is 0.288. The van der Waals surface area contributed by atoms with Gasteiger partial charge in [-0.25, -0.2) is 0 Å². The average molecular weight is 591 g/mol. The first-order valence-corrected chi connectivity index (χ1v) is 13.9. The van der Waals surface area contributed by atoms with E-state index in [1.165, 1.54) is 23.1 Å². The van der Waals surface area contributed by atoms with Gasteiger partial charge < -0.3 is 19.8 Å². The van der Waals surface area contributed by atoms with Crippen molar-refractivity contribution in [3.63, 3.8) is 0 Å². The van der Waals surface area contributed by atoms with Crippen molar-refractivity contribution in [3.8, 4) is 0 Å². The number of amidine groups is 1. The van der Waals surface area contributed by atoms with Crippen molar-refractivity contribution in [1.82, 2.24) is 20.2 Å². The summed E-state index contributed by atoms with van der Waals surface area (Å²) in [5.41, 5.74) is 4.28. The fourth-order valence-corrected chi connectivity index (χ4v) is 5.13. The SMILES string of the molecule is CN(C(=O)c1cc(Cl)ccc1NC(=O)C1=CC=C(O[SH](=O)=O)N(C2=NNCC2c2ncccc2Cl)C1)C1CC1. The second-order valence-corrected chi connectivity index (χ2v) is 10.6. The molecule has 2 amide bonds. The minimum atomic E-state index is -3.24. The highest BCUT2D eigenvalue weighted by Gasteiger charge is 2.36. The fourth-order valence-electron chi connectivity index (χ4n) is 4.39. The summed E-state index contributed by atoms with van der Waals surface area (Å²) in [6, 6.07) is 8.26. The Bertz CT molecular complexity index is 1500. The number of allylic oxidation sites excluding steroid dienone is 2. The molecule has 3 heterocycles. The van der Waals surface area contributed by atoms with Crippen LogP contribution in [0.3, 0.4) is 0 Å². The molecule has 1 fully saturated rings. The molecule has 0 radical (unpaired) electrons. The monoisotopic (exact) mass is 590 g/mol. The maximum Gasteiger partial charge on any atom is 0.300 e. The van der Waals surface area contributed by atoms with Crippen LogP contribution in [0.25, 0.3) is 0 Å². The summed E-state index contributed by atoms with van der Waals surface area (Å²) in [7, 11) is -1.52. The van der Waals surface area contributed by atoms with Crippen LogP contribution in [-0.2, 0) is 20.0 Å². The molecule has 5 rings (SSSR count). The van der Waals surface area contributed by atoms with Crippen molar-refractivity contribution in [2.45, 2.75) is 24.8 Å². The molecule has 11 nitrogen and oxygen atoms in total. The topological polar surface area (TPSA) is 133 Å². The van der Waals surface area contributed by atoms with Gasteiger partial charge in [-0.2, -0.15) is 13.5 Å². The van der Waals surface area contributed by atoms with E-state index in [1.54, 1.807) is 42.4 Å². The molecule has 204 valence electrons. The smallest absolute Gasteiger partial charge is 0.300 e. The molecule has 1 aliphatic carbocycles. The molecule has 1 aromatic heterocycles. The number of halogens is 2. The number of carbonyl (C=O) groups excluding carboxylic acids is 2. The zero-order chi connectivity index (χ0) is 27.7. The molecule has 1 saturated carbocycles. The number of thiol groups is 1. The van der Waals surface area contributed by atoms with Crippen molar-refractivity contribution in [1.29, 1.82) is 0 Å². The number of pyridine rings is 1. The summed E-state index contributed by atoms with van der Waals surface area (Å²) in [4.78, 5) is 34.0. The van der Waals surface area contributed by atoms with Gasteiger partial charge in [-0.05, 0) is 49.2 Å². The standard InChI is InChI=1S/C25H24Cl2N6O5S/c1-32(16-6-7-16)25(35)17-11-15(26)5-8-20(17)30-24(34)14-4-9-21(38-39(36)37)33(13-14)23-18(12-29-31-23)22-19(27)3-2-10-28-22/h2-5,8-11,16,18,29,39H,6-7,12-13H2,1H3,(H,30,34). The van der Waals surface area contributed by atoms with Gasteiger partial charge in [0, 0.05) is 42.5 Å². The van der Waals surface area contributed by atoms with E-state index in [-0.39, 0.29) is 35.5 Å². The third-order valence-electron chi connectivity index (χ3n) is 6.55. The van der Waals surface area contributed by atoms with Crippen LogP contribution < -0.4 is 10.7 Å². The average Bonchev–Trinajstić information content (AvgIpc) is 3.66. The number of anilines is 1. The van der Waals surface area contributed by atoms with Crippen LogP contribution in [-0.4, -0.2) is 67.0 Å². The zero-order valence-electron chi connectivity index (χ0n) is 20.6. The van der Waals surface area contributed by atoms with Crippen LogP contribution in [0.4, 0.5) is 5.69 Å². The summed E-state index contributed by atoms with van der Waals surface area (Å²) in [5, 5.41) is 7.92. The van der Waals surface area contributed by atoms with E-state index >= 15 is 0 Å². The molecule has 0 spiro atoms. The van der Waals surface area contributed by atoms with Crippen LogP contribution in [0.15, 0.2) is 65.2 Å². The molecule has 0 saturated heterocycles. The van der Waals surface area contributed by atoms with Gasteiger partial charge in [0.1, 0.15) is 5.84 Å². The van der Waals surface area contributed by atoms with Gasteiger partial charge in [0.2, 0.25) is 5.88 Å². The Hall–Kier alpha value is -3.61. The quantitative estimate of drug-likeness (QED) is 0.419. The summed E-state index contributed by atoms with van der Waals surface area (Å²) in [6.07, 6.45) is 6.29. The number of hydrogen-bond donors (Lipinski definition) is 3. The highest BCUT2D eigenvalue weighted by atomic mass is 35.5. The van der Waals surface area contributed by atoms with Crippen LogP contribution in [0, 0.1) is 0 Å². The van der Waals surface area contributed by atoms with E-state index in [4.69, 9.17) is 27.4 Å². The first-order valence-electron chi connectivity index (χ1n) is 12.0. The molecule has 1 aromatic carbocycles. The van der Waals surface area contributed by atoms with E-state index in [2.05, 4.69) is 20.8 Å². The van der Waals surface area contributed by atoms with Crippen LogP contribution in [0.5, 0.6) is 0 Å². The fraction of sp³-hybridized carbons (Fsp3) is 0.280. The van der Waals surface area contributed by atoms with E-state index < -0.39 is 22.8 Å². The second kappa shape index (κ2) is 11.2. The van der Waals surface area contributed by atoms with Gasteiger partial charge in [-0.3, -0.25) is 19.5 Å². The molecule has 14 heteroatoms. The minimum Gasteiger partial charge on any atom is -0.365 e. The minimum absolute atomic E-state index is 0.0319. The molecule has 3 aliphatic rings. The van der Waals surface area contributed by atoms with Crippen molar-refractivity contribution in [3.05, 3.63) is 81.4 Å². The Morgan fingerprint density at radius 1 is 1.21 bits per heavy atom. The molecule has 1 atom stereocenters. The Morgan fingerprint density at radius 3 is 2.72 bits per heavy atom. The molecule has 0 bridgehead atoms. The lowest BCUT2D eigenvalue weighted by molar-refractivity contribution is -0.113. The zero-order valence-corrected chi connectivity index (χ0v) is 23.0. The first-order chi connectivity index (χ1) is 18.7. The number of hydrazone groups is 1. The molecule has 2 aliphatic heterocycles. The molecule has 1 unspecified atom stereocenters. The molecular weight excluding hydrogens is 567 g/mol. The number of hydrogen-bond acceptors (Lipinski definition) is 9. The molecule has 2 N–H and O–H groups in total. The van der Waals surface area contributed by atoms with Crippen molar-refractivity contribution in [2.75, 3.05) is 25.5 Å². The Balaban J connectivity index is 1.41. The van der Waals surface area contributed by atoms with Gasteiger partial charge >= 0.3 is 11.0 Å². The maximum atomic E-state index is 13.4. The number of amides is 2. The van der Waals surface area contributed by atoms with E-state index in [9.17, 15) is 18.0 Å². The summed E-state index contributed by atoms with van der Waals surface area (Å²) in [5.74, 6) is -0.825. The lowest BCUT2D eigenvalue weighted by Gasteiger charge is -2.30. The molecule has 2 aromatic rings. The van der Waals surface area contributed by atoms with Crippen LogP contribution in [0.1, 0.15) is 34.8 Å². The summed E-state index contributed by atoms with van der Waals surface area (Å²) >= 11 is 12.5. The number of nitrogens with one attached hydrogen (secondary N) is 2. The number of aromatic nitrogens is 1. The Morgan fingerprint density at radius 2 is 2.00 bits per heavy atom. The summed E-state index contributed by atoms with van der Waals surface area (Å²) < 4.78 is 27.9. The van der Waals surface area contributed by atoms with Gasteiger partial charge in [0.15, 0.2) is 0 Å². The van der Waals surface area contributed by atoms with Gasteiger partial charge in [0.05, 0.1) is 34.4 Å². The number of nitrogens with zero attached hydrogens (tertiary/aromatic N) is 4. The molecular formula is C25H24Cl2N6O5S. The van der Waals surface area contributed by atoms with Crippen molar-refractivity contribution < 1.29 is 22.2 Å². The number of benzene rings is 1. The number of rotatable bonds is 7. The number of carbonyl (C=O) groups is 2. The highest BCUT2D eigenvalue weighted by molar-refractivity contribution is 7.67. The van der Waals surface area contributed by atoms with E-state index in [0.29, 0.717) is 33.8 Å². The maximum absolute atomic E-state index is 13.4. The second-order valence-electron chi connectivity index (χ2n) is 9.14. The van der Waals surface area contributed by atoms with E-state index in [1.807, 2.05) is 0 Å². The molecule has 39 heavy (non-hydrogen) atoms. The third kappa shape index (κ3) is 5.87. The predicted octanol–water partition coefficient (Wildman–Crippen LogP) is 2.89. The normalized spacial score (nSPS) is 18.6. The largest absolute Gasteiger partial charge is 0.365 e. The van der Waals surface area contributed by atoms with Crippen molar-refractivity contribution in [2.24, 2.45) is 5.10 Å². The third-order valence-corrected chi connectivity index (χ3v) is 7.44. The lowest BCUT2D eigenvalue weighted by Crippen LogP contribution is -2.39. The van der Waals surface area contributed by atoms with E-state index in [0.717, 1.165) is 12.8 Å². The van der Waals surface area contributed by atoms with Crippen LogP contribution in [0.2, 0.25) is 10.0 Å². The van der Waals surface area contributed by atoms with Gasteiger partial charge in [-0.1, -0.05) is 23.2 Å². The predicted molar refractivity (Wildman–Crippen MR) is 147 cm³/mol.